The van der Waals surface area contributed by atoms with E-state index in [0.717, 1.165) is 31.2 Å². The van der Waals surface area contributed by atoms with Gasteiger partial charge in [-0.1, -0.05) is 60.7 Å². The van der Waals surface area contributed by atoms with E-state index in [9.17, 15) is 0 Å². The summed E-state index contributed by atoms with van der Waals surface area (Å²) in [5.41, 5.74) is 5.64. The summed E-state index contributed by atoms with van der Waals surface area (Å²) in [4.78, 5) is 9.87. The van der Waals surface area contributed by atoms with E-state index >= 15 is 0 Å². The highest BCUT2D eigenvalue weighted by Crippen LogP contribution is 2.27. The van der Waals surface area contributed by atoms with Crippen LogP contribution in [0.15, 0.2) is 71.2 Å². The Morgan fingerprint density at radius 1 is 1.00 bits per heavy atom. The summed E-state index contributed by atoms with van der Waals surface area (Å²) in [6.07, 6.45) is 0.994. The maximum absolute atomic E-state index is 4.34. The molecule has 0 atom stereocenters. The minimum absolute atomic E-state index is 0.363. The van der Waals surface area contributed by atoms with Crippen molar-refractivity contribution in [2.45, 2.75) is 25.8 Å². The number of aliphatic imine (C=N–C) groups is 1. The van der Waals surface area contributed by atoms with Crippen molar-refractivity contribution in [3.05, 3.63) is 87.9 Å². The Kier molecular flexibility index (Phi) is 6.99. The maximum Gasteiger partial charge on any atom is 0.191 e. The van der Waals surface area contributed by atoms with Crippen molar-refractivity contribution in [1.82, 2.24) is 15.6 Å². The third-order valence-corrected chi connectivity index (χ3v) is 5.55. The molecule has 0 fully saturated rings. The van der Waals surface area contributed by atoms with Crippen molar-refractivity contribution in [3.63, 3.8) is 0 Å². The molecule has 1 heterocycles. The number of guanidine groups is 1. The number of nitrogens with one attached hydrogen (secondary N) is 2. The number of aromatic nitrogens is 1. The zero-order valence-electron chi connectivity index (χ0n) is 15.9. The molecule has 3 rings (SSSR count). The smallest absolute Gasteiger partial charge is 0.191 e. The number of rotatable bonds is 7. The molecule has 27 heavy (non-hydrogen) atoms. The molecule has 2 aromatic carbocycles. The molecule has 0 radical (unpaired) electrons. The van der Waals surface area contributed by atoms with Gasteiger partial charge in [-0.25, -0.2) is 4.98 Å². The maximum atomic E-state index is 4.34. The third-order valence-electron chi connectivity index (χ3n) is 4.61. The van der Waals surface area contributed by atoms with Crippen LogP contribution in [0.25, 0.3) is 0 Å². The Morgan fingerprint density at radius 2 is 1.63 bits per heavy atom. The second-order valence-electron chi connectivity index (χ2n) is 6.38. The van der Waals surface area contributed by atoms with Crippen LogP contribution >= 0.6 is 11.3 Å². The largest absolute Gasteiger partial charge is 0.356 e. The highest BCUT2D eigenvalue weighted by Gasteiger charge is 2.13. The average molecular weight is 379 g/mol. The molecular formula is C22H26N4S. The average Bonchev–Trinajstić information content (AvgIpc) is 3.13. The van der Waals surface area contributed by atoms with E-state index < -0.39 is 0 Å². The molecule has 0 amide bonds. The molecule has 2 N–H and O–H groups in total. The first-order valence-corrected chi connectivity index (χ1v) is 10.1. The van der Waals surface area contributed by atoms with Gasteiger partial charge in [0.05, 0.1) is 17.7 Å². The van der Waals surface area contributed by atoms with E-state index in [2.05, 4.69) is 81.3 Å². The molecule has 0 saturated heterocycles. The Hall–Kier alpha value is -2.66. The molecule has 3 aromatic rings. The van der Waals surface area contributed by atoms with Gasteiger partial charge in [-0.3, -0.25) is 4.99 Å². The van der Waals surface area contributed by atoms with E-state index in [0.29, 0.717) is 5.92 Å². The summed E-state index contributed by atoms with van der Waals surface area (Å²) in [5, 5.41) is 6.82. The first kappa shape index (κ1) is 19.1. The number of benzene rings is 2. The van der Waals surface area contributed by atoms with Crippen LogP contribution in [0.5, 0.6) is 0 Å². The summed E-state index contributed by atoms with van der Waals surface area (Å²) in [6.45, 7) is 3.63. The number of hydrogen-bond donors (Lipinski definition) is 2. The van der Waals surface area contributed by atoms with Gasteiger partial charge in [0.1, 0.15) is 0 Å². The zero-order valence-corrected chi connectivity index (χ0v) is 16.7. The van der Waals surface area contributed by atoms with Gasteiger partial charge < -0.3 is 10.6 Å². The van der Waals surface area contributed by atoms with Gasteiger partial charge in [0.25, 0.3) is 0 Å². The van der Waals surface area contributed by atoms with Gasteiger partial charge in [0.2, 0.25) is 0 Å². The molecule has 0 unspecified atom stereocenters. The Labute approximate surface area is 165 Å². The minimum Gasteiger partial charge on any atom is -0.356 e. The Morgan fingerprint density at radius 3 is 2.15 bits per heavy atom. The van der Waals surface area contributed by atoms with Crippen molar-refractivity contribution in [2.75, 3.05) is 13.6 Å². The molecule has 0 saturated carbocycles. The van der Waals surface area contributed by atoms with E-state index in [1.807, 2.05) is 12.4 Å². The van der Waals surface area contributed by atoms with Gasteiger partial charge in [0.15, 0.2) is 5.96 Å². The first-order chi connectivity index (χ1) is 13.3. The minimum atomic E-state index is 0.363. The van der Waals surface area contributed by atoms with Crippen LogP contribution in [0.3, 0.4) is 0 Å². The molecular weight excluding hydrogens is 352 g/mol. The predicted molar refractivity (Wildman–Crippen MR) is 114 cm³/mol. The SMILES string of the molecule is CN=C(NCCC(c1ccccc1)c1ccccc1)NCc1scnc1C. The summed E-state index contributed by atoms with van der Waals surface area (Å²) < 4.78 is 0. The molecule has 0 bridgehead atoms. The lowest BCUT2D eigenvalue weighted by molar-refractivity contribution is 0.679. The van der Waals surface area contributed by atoms with E-state index in [1.165, 1.54) is 16.0 Å². The Bertz CT molecular complexity index is 804. The zero-order chi connectivity index (χ0) is 18.9. The molecule has 4 nitrogen and oxygen atoms in total. The summed E-state index contributed by atoms with van der Waals surface area (Å²) in [5.74, 6) is 1.18. The number of hydrogen-bond acceptors (Lipinski definition) is 3. The molecule has 0 aliphatic carbocycles. The van der Waals surface area contributed by atoms with Crippen LogP contribution in [0.2, 0.25) is 0 Å². The van der Waals surface area contributed by atoms with Gasteiger partial charge in [-0.2, -0.15) is 0 Å². The topological polar surface area (TPSA) is 49.3 Å². The lowest BCUT2D eigenvalue weighted by Gasteiger charge is -2.19. The summed E-state index contributed by atoms with van der Waals surface area (Å²) in [6, 6.07) is 21.4. The Balaban J connectivity index is 1.59. The standard InChI is InChI=1S/C22H26N4S/c1-17-21(27-16-26-17)15-25-22(23-2)24-14-13-20(18-9-5-3-6-10-18)19-11-7-4-8-12-19/h3-12,16,20H,13-15H2,1-2H3,(H2,23,24,25). The number of aryl methyl sites for hydroxylation is 1. The van der Waals surface area contributed by atoms with Crippen molar-refractivity contribution in [3.8, 4) is 0 Å². The van der Waals surface area contributed by atoms with Crippen molar-refractivity contribution < 1.29 is 0 Å². The second kappa shape index (κ2) is 9.88. The van der Waals surface area contributed by atoms with Crippen molar-refractivity contribution in [2.24, 2.45) is 4.99 Å². The fraction of sp³-hybridized carbons (Fsp3) is 0.273. The van der Waals surface area contributed by atoms with Gasteiger partial charge in [0, 0.05) is 24.4 Å². The highest BCUT2D eigenvalue weighted by atomic mass is 32.1. The number of nitrogens with zero attached hydrogens (tertiary/aromatic N) is 2. The van der Waals surface area contributed by atoms with E-state index in [4.69, 9.17) is 0 Å². The summed E-state index contributed by atoms with van der Waals surface area (Å²) in [7, 11) is 1.81. The first-order valence-electron chi connectivity index (χ1n) is 9.21. The van der Waals surface area contributed by atoms with Crippen LogP contribution < -0.4 is 10.6 Å². The van der Waals surface area contributed by atoms with E-state index in [1.54, 1.807) is 18.4 Å². The van der Waals surface area contributed by atoms with Crippen LogP contribution in [-0.4, -0.2) is 24.5 Å². The molecule has 0 aliphatic rings. The molecule has 0 spiro atoms. The molecule has 140 valence electrons. The highest BCUT2D eigenvalue weighted by molar-refractivity contribution is 7.09. The normalized spacial score (nSPS) is 11.6. The van der Waals surface area contributed by atoms with Gasteiger partial charge in [-0.05, 0) is 24.5 Å². The van der Waals surface area contributed by atoms with Crippen LogP contribution in [-0.2, 0) is 6.54 Å². The molecule has 0 aliphatic heterocycles. The molecule has 5 heteroatoms. The summed E-state index contributed by atoms with van der Waals surface area (Å²) >= 11 is 1.67. The van der Waals surface area contributed by atoms with Crippen molar-refractivity contribution in [1.29, 1.82) is 0 Å². The quantitative estimate of drug-likeness (QED) is 0.475. The van der Waals surface area contributed by atoms with Gasteiger partial charge in [-0.15, -0.1) is 11.3 Å². The monoisotopic (exact) mass is 378 g/mol. The third kappa shape index (κ3) is 5.41. The molecule has 1 aromatic heterocycles. The van der Waals surface area contributed by atoms with Crippen LogP contribution in [0, 0.1) is 6.92 Å². The fourth-order valence-electron chi connectivity index (χ4n) is 3.11. The van der Waals surface area contributed by atoms with Gasteiger partial charge >= 0.3 is 0 Å². The fourth-order valence-corrected chi connectivity index (χ4v) is 3.83. The van der Waals surface area contributed by atoms with Crippen LogP contribution in [0.1, 0.15) is 34.0 Å². The lowest BCUT2D eigenvalue weighted by Crippen LogP contribution is -2.37. The number of thiazole rings is 1. The second-order valence-corrected chi connectivity index (χ2v) is 7.32. The predicted octanol–water partition coefficient (Wildman–Crippen LogP) is 4.34. The lowest BCUT2D eigenvalue weighted by atomic mass is 9.88. The van der Waals surface area contributed by atoms with E-state index in [-0.39, 0.29) is 0 Å². The van der Waals surface area contributed by atoms with Crippen LogP contribution in [0.4, 0.5) is 0 Å². The van der Waals surface area contributed by atoms with Crippen molar-refractivity contribution >= 4 is 17.3 Å².